The summed E-state index contributed by atoms with van der Waals surface area (Å²) in [6.45, 7) is 0. The molecule has 0 aliphatic heterocycles. The van der Waals surface area contributed by atoms with Crippen LogP contribution in [0.5, 0.6) is 0 Å². The number of nitrogen functional groups attached to an aromatic ring is 1. The number of rotatable bonds is 2. The summed E-state index contributed by atoms with van der Waals surface area (Å²) in [5, 5.41) is 5.90. The Morgan fingerprint density at radius 1 is 1.50 bits per heavy atom. The second-order valence-corrected chi connectivity index (χ2v) is 3.76. The minimum absolute atomic E-state index is 0.0402. The molecule has 0 saturated heterocycles. The molecule has 0 radical (unpaired) electrons. The van der Waals surface area contributed by atoms with Crippen LogP contribution in [0, 0.1) is 5.82 Å². The molecule has 2 rings (SSSR count). The van der Waals surface area contributed by atoms with Gasteiger partial charge in [-0.3, -0.25) is 4.79 Å². The van der Waals surface area contributed by atoms with Crippen molar-refractivity contribution in [2.24, 2.45) is 0 Å². The van der Waals surface area contributed by atoms with Crippen LogP contribution in [0.15, 0.2) is 24.4 Å². The van der Waals surface area contributed by atoms with Gasteiger partial charge in [-0.1, -0.05) is 4.49 Å². The van der Waals surface area contributed by atoms with Crippen molar-refractivity contribution in [3.05, 3.63) is 35.1 Å². The van der Waals surface area contributed by atoms with E-state index in [0.717, 1.165) is 11.5 Å². The summed E-state index contributed by atoms with van der Waals surface area (Å²) in [5.74, 6) is -1.00. The van der Waals surface area contributed by atoms with Crippen LogP contribution in [0.2, 0.25) is 0 Å². The van der Waals surface area contributed by atoms with Gasteiger partial charge >= 0.3 is 0 Å². The molecule has 0 aliphatic carbocycles. The van der Waals surface area contributed by atoms with E-state index >= 15 is 0 Å². The van der Waals surface area contributed by atoms with Crippen LogP contribution in [0.1, 0.15) is 9.67 Å². The van der Waals surface area contributed by atoms with E-state index in [-0.39, 0.29) is 5.69 Å². The number of benzene rings is 1. The van der Waals surface area contributed by atoms with E-state index in [1.807, 2.05) is 0 Å². The number of carbonyl (C=O) groups excluding carboxylic acids is 1. The highest BCUT2D eigenvalue weighted by Gasteiger charge is 2.11. The lowest BCUT2D eigenvalue weighted by Gasteiger charge is -2.05. The van der Waals surface area contributed by atoms with Crippen molar-refractivity contribution in [3.8, 4) is 0 Å². The molecule has 2 aromatic rings. The highest BCUT2D eigenvalue weighted by atomic mass is 32.1. The van der Waals surface area contributed by atoms with Crippen molar-refractivity contribution in [3.63, 3.8) is 0 Å². The average molecular weight is 238 g/mol. The Morgan fingerprint density at radius 3 is 3.00 bits per heavy atom. The van der Waals surface area contributed by atoms with Crippen molar-refractivity contribution in [2.75, 3.05) is 11.1 Å². The zero-order chi connectivity index (χ0) is 11.5. The molecule has 16 heavy (non-hydrogen) atoms. The van der Waals surface area contributed by atoms with Crippen LogP contribution in [0.25, 0.3) is 0 Å². The second-order valence-electron chi connectivity index (χ2n) is 2.98. The molecule has 7 heteroatoms. The van der Waals surface area contributed by atoms with Crippen LogP contribution in [-0.2, 0) is 0 Å². The lowest BCUT2D eigenvalue weighted by Crippen LogP contribution is -2.11. The van der Waals surface area contributed by atoms with Crippen LogP contribution < -0.4 is 11.1 Å². The van der Waals surface area contributed by atoms with Crippen molar-refractivity contribution in [1.29, 1.82) is 0 Å². The third-order valence-electron chi connectivity index (χ3n) is 1.82. The summed E-state index contributed by atoms with van der Waals surface area (Å²) in [5.41, 5.74) is 5.90. The molecular formula is C9H7FN4OS. The Kier molecular flexibility index (Phi) is 2.78. The van der Waals surface area contributed by atoms with Gasteiger partial charge in [-0.15, -0.1) is 5.10 Å². The number of aromatic nitrogens is 2. The SMILES string of the molecule is Nc1ccc(F)c(NC(=O)c2cnns2)c1. The molecule has 0 fully saturated rings. The first-order valence-electron chi connectivity index (χ1n) is 4.30. The van der Waals surface area contributed by atoms with Crippen molar-refractivity contribution in [1.82, 2.24) is 9.59 Å². The van der Waals surface area contributed by atoms with Gasteiger partial charge in [0, 0.05) is 5.69 Å². The minimum atomic E-state index is -0.542. The zero-order valence-corrected chi connectivity index (χ0v) is 8.79. The summed E-state index contributed by atoms with van der Waals surface area (Å²) >= 11 is 0.933. The Hall–Kier alpha value is -2.02. The van der Waals surface area contributed by atoms with E-state index in [4.69, 9.17) is 5.73 Å². The normalized spacial score (nSPS) is 10.1. The van der Waals surface area contributed by atoms with Gasteiger partial charge < -0.3 is 11.1 Å². The molecule has 0 saturated carbocycles. The monoisotopic (exact) mass is 238 g/mol. The van der Waals surface area contributed by atoms with Crippen LogP contribution >= 0.6 is 11.5 Å². The van der Waals surface area contributed by atoms with E-state index in [1.165, 1.54) is 24.4 Å². The van der Waals surface area contributed by atoms with E-state index in [1.54, 1.807) is 0 Å². The standard InChI is InChI=1S/C9H7FN4OS/c10-6-2-1-5(11)3-7(6)13-9(15)8-4-12-14-16-8/h1-4H,11H2,(H,13,15). The van der Waals surface area contributed by atoms with Crippen LogP contribution in [-0.4, -0.2) is 15.5 Å². The summed E-state index contributed by atoms with van der Waals surface area (Å²) < 4.78 is 16.8. The molecule has 0 atom stereocenters. The number of anilines is 2. The Morgan fingerprint density at radius 2 is 2.31 bits per heavy atom. The van der Waals surface area contributed by atoms with Gasteiger partial charge in [0.1, 0.15) is 10.7 Å². The van der Waals surface area contributed by atoms with Crippen LogP contribution in [0.3, 0.4) is 0 Å². The molecule has 0 aliphatic rings. The molecule has 1 heterocycles. The third kappa shape index (κ3) is 2.14. The fourth-order valence-electron chi connectivity index (χ4n) is 1.09. The number of nitrogens with one attached hydrogen (secondary N) is 1. The third-order valence-corrected chi connectivity index (χ3v) is 2.49. The molecular weight excluding hydrogens is 231 g/mol. The maximum absolute atomic E-state index is 13.3. The van der Waals surface area contributed by atoms with E-state index in [9.17, 15) is 9.18 Å². The molecule has 5 nitrogen and oxygen atoms in total. The minimum Gasteiger partial charge on any atom is -0.399 e. The number of carbonyl (C=O) groups is 1. The number of hydrogen-bond acceptors (Lipinski definition) is 5. The number of nitrogens with zero attached hydrogens (tertiary/aromatic N) is 2. The first-order valence-corrected chi connectivity index (χ1v) is 5.08. The van der Waals surface area contributed by atoms with Crippen molar-refractivity contribution < 1.29 is 9.18 Å². The zero-order valence-electron chi connectivity index (χ0n) is 7.98. The smallest absolute Gasteiger partial charge is 0.269 e. The highest BCUT2D eigenvalue weighted by Crippen LogP contribution is 2.18. The molecule has 3 N–H and O–H groups in total. The quantitative estimate of drug-likeness (QED) is 0.777. The largest absolute Gasteiger partial charge is 0.399 e. The first kappa shape index (κ1) is 10.5. The fraction of sp³-hybridized carbons (Fsp3) is 0. The lowest BCUT2D eigenvalue weighted by atomic mass is 10.2. The molecule has 82 valence electrons. The first-order chi connectivity index (χ1) is 7.66. The predicted molar refractivity (Wildman–Crippen MR) is 58.7 cm³/mol. The Bertz CT molecular complexity index is 514. The summed E-state index contributed by atoms with van der Waals surface area (Å²) in [7, 11) is 0. The van der Waals surface area contributed by atoms with Gasteiger partial charge in [-0.25, -0.2) is 4.39 Å². The summed E-state index contributed by atoms with van der Waals surface area (Å²) in [6.07, 6.45) is 1.31. The van der Waals surface area contributed by atoms with Gasteiger partial charge in [-0.05, 0) is 29.7 Å². The number of amides is 1. The molecule has 1 amide bonds. The topological polar surface area (TPSA) is 80.9 Å². The molecule has 1 aromatic heterocycles. The number of halogens is 1. The van der Waals surface area contributed by atoms with E-state index in [2.05, 4.69) is 14.9 Å². The van der Waals surface area contributed by atoms with Gasteiger partial charge in [0.05, 0.1) is 11.9 Å². The summed E-state index contributed by atoms with van der Waals surface area (Å²) in [6, 6.07) is 3.96. The molecule has 0 unspecified atom stereocenters. The molecule has 0 spiro atoms. The van der Waals surface area contributed by atoms with E-state index < -0.39 is 11.7 Å². The van der Waals surface area contributed by atoms with Gasteiger partial charge in [0.2, 0.25) is 0 Å². The molecule has 1 aromatic carbocycles. The average Bonchev–Trinajstić information content (AvgIpc) is 2.76. The Labute approximate surface area is 94.3 Å². The predicted octanol–water partition coefficient (Wildman–Crippen LogP) is 1.51. The fourth-order valence-corrected chi connectivity index (χ4v) is 1.50. The molecule has 0 bridgehead atoms. The van der Waals surface area contributed by atoms with Gasteiger partial charge in [0.25, 0.3) is 5.91 Å². The van der Waals surface area contributed by atoms with Gasteiger partial charge in [0.15, 0.2) is 0 Å². The lowest BCUT2D eigenvalue weighted by molar-refractivity contribution is 0.103. The number of hydrogen-bond donors (Lipinski definition) is 2. The van der Waals surface area contributed by atoms with Crippen molar-refractivity contribution >= 4 is 28.8 Å². The maximum Gasteiger partial charge on any atom is 0.269 e. The van der Waals surface area contributed by atoms with Crippen LogP contribution in [0.4, 0.5) is 15.8 Å². The van der Waals surface area contributed by atoms with Gasteiger partial charge in [-0.2, -0.15) is 0 Å². The van der Waals surface area contributed by atoms with Crippen molar-refractivity contribution in [2.45, 2.75) is 0 Å². The highest BCUT2D eigenvalue weighted by molar-refractivity contribution is 7.07. The maximum atomic E-state index is 13.3. The second kappa shape index (κ2) is 4.23. The number of nitrogens with two attached hydrogens (primary N) is 1. The summed E-state index contributed by atoms with van der Waals surface area (Å²) in [4.78, 5) is 11.9. The van der Waals surface area contributed by atoms with E-state index in [0.29, 0.717) is 10.6 Å². The Balaban J connectivity index is 2.21.